The van der Waals surface area contributed by atoms with Crippen molar-refractivity contribution in [2.24, 2.45) is 0 Å². The van der Waals surface area contributed by atoms with Crippen molar-refractivity contribution in [3.63, 3.8) is 0 Å². The summed E-state index contributed by atoms with van der Waals surface area (Å²) in [5.74, 6) is 1.07. The van der Waals surface area contributed by atoms with Crippen LogP contribution < -0.4 is 4.90 Å². The zero-order valence-corrected chi connectivity index (χ0v) is 14.3. The van der Waals surface area contributed by atoms with E-state index in [9.17, 15) is 4.79 Å². The van der Waals surface area contributed by atoms with Crippen LogP contribution in [-0.2, 0) is 0 Å². The van der Waals surface area contributed by atoms with Gasteiger partial charge in [-0.1, -0.05) is 11.6 Å². The molecule has 3 heterocycles. The molecule has 128 valence electrons. The van der Waals surface area contributed by atoms with E-state index < -0.39 is 0 Å². The molecule has 0 saturated carbocycles. The van der Waals surface area contributed by atoms with Crippen LogP contribution in [0.1, 0.15) is 15.9 Å². The minimum Gasteiger partial charge on any atom is -0.360 e. The van der Waals surface area contributed by atoms with Crippen LogP contribution in [-0.4, -0.2) is 58.4 Å². The first-order valence-corrected chi connectivity index (χ1v) is 8.55. The van der Waals surface area contributed by atoms with Gasteiger partial charge in [0.25, 0.3) is 0 Å². The molecule has 3 aromatic rings. The molecule has 25 heavy (non-hydrogen) atoms. The number of aromatic nitrogens is 3. The Morgan fingerprint density at radius 2 is 2.04 bits per heavy atom. The van der Waals surface area contributed by atoms with E-state index in [0.717, 1.165) is 48.5 Å². The molecule has 1 fully saturated rings. The van der Waals surface area contributed by atoms with Crippen LogP contribution in [0.25, 0.3) is 10.9 Å². The number of aryl methyl sites for hydroxylation is 1. The molecule has 2 aromatic heterocycles. The van der Waals surface area contributed by atoms with Crippen LogP contribution in [0.4, 0.5) is 5.82 Å². The molecule has 1 N–H and O–H groups in total. The van der Waals surface area contributed by atoms with Crippen molar-refractivity contribution >= 4 is 22.5 Å². The van der Waals surface area contributed by atoms with E-state index in [1.165, 1.54) is 5.56 Å². The second-order valence-electron chi connectivity index (χ2n) is 6.50. The highest BCUT2D eigenvalue weighted by atomic mass is 16.1. The molecule has 1 aromatic carbocycles. The number of hydrogen-bond acceptors (Lipinski definition) is 5. The second-order valence-corrected chi connectivity index (χ2v) is 6.50. The lowest BCUT2D eigenvalue weighted by atomic mass is 10.1. The molecule has 6 nitrogen and oxygen atoms in total. The fourth-order valence-electron chi connectivity index (χ4n) is 3.34. The summed E-state index contributed by atoms with van der Waals surface area (Å²) in [6, 6.07) is 6.16. The zero-order chi connectivity index (χ0) is 17.2. The number of benzene rings is 1. The molecule has 0 aliphatic carbocycles. The highest BCUT2D eigenvalue weighted by Gasteiger charge is 2.21. The Hall–Kier alpha value is -2.73. The lowest BCUT2D eigenvalue weighted by Crippen LogP contribution is -2.48. The van der Waals surface area contributed by atoms with Gasteiger partial charge in [-0.05, 0) is 19.1 Å². The number of H-pyrrole nitrogens is 1. The Kier molecular flexibility index (Phi) is 4.19. The third-order valence-corrected chi connectivity index (χ3v) is 4.75. The van der Waals surface area contributed by atoms with Crippen molar-refractivity contribution in [1.82, 2.24) is 19.9 Å². The molecule has 0 radical (unpaired) electrons. The fourth-order valence-corrected chi connectivity index (χ4v) is 3.34. The third-order valence-electron chi connectivity index (χ3n) is 4.75. The Balaban J connectivity index is 1.41. The van der Waals surface area contributed by atoms with Gasteiger partial charge < -0.3 is 9.88 Å². The average molecular weight is 335 g/mol. The van der Waals surface area contributed by atoms with Gasteiger partial charge in [-0.3, -0.25) is 14.7 Å². The SMILES string of the molecule is Cc1ccc2[nH]cc(C(=O)CN3CCN(c4cnccn4)CC3)c2c1. The smallest absolute Gasteiger partial charge is 0.178 e. The molecule has 0 spiro atoms. The number of fused-ring (bicyclic) bond motifs is 1. The quantitative estimate of drug-likeness (QED) is 0.741. The topological polar surface area (TPSA) is 65.1 Å². The average Bonchev–Trinajstić information content (AvgIpc) is 3.06. The number of rotatable bonds is 4. The summed E-state index contributed by atoms with van der Waals surface area (Å²) in [6.07, 6.45) is 7.02. The minimum atomic E-state index is 0.171. The van der Waals surface area contributed by atoms with Crippen LogP contribution in [0.5, 0.6) is 0 Å². The van der Waals surface area contributed by atoms with Gasteiger partial charge in [-0.2, -0.15) is 0 Å². The van der Waals surface area contributed by atoms with E-state index >= 15 is 0 Å². The van der Waals surface area contributed by atoms with Crippen molar-refractivity contribution < 1.29 is 4.79 Å². The van der Waals surface area contributed by atoms with E-state index in [-0.39, 0.29) is 5.78 Å². The number of nitrogens with one attached hydrogen (secondary N) is 1. The molecule has 1 aliphatic rings. The van der Waals surface area contributed by atoms with Crippen molar-refractivity contribution in [2.45, 2.75) is 6.92 Å². The normalized spacial score (nSPS) is 15.6. The summed E-state index contributed by atoms with van der Waals surface area (Å²) in [4.78, 5) is 28.8. The van der Waals surface area contributed by atoms with Gasteiger partial charge >= 0.3 is 0 Å². The molecule has 6 heteroatoms. The minimum absolute atomic E-state index is 0.171. The number of aromatic amines is 1. The lowest BCUT2D eigenvalue weighted by molar-refractivity contribution is 0.0928. The van der Waals surface area contributed by atoms with Crippen molar-refractivity contribution in [2.75, 3.05) is 37.6 Å². The number of carbonyl (C=O) groups is 1. The monoisotopic (exact) mass is 335 g/mol. The maximum atomic E-state index is 12.8. The molecule has 1 saturated heterocycles. The molecule has 0 amide bonds. The molecule has 1 aliphatic heterocycles. The highest BCUT2D eigenvalue weighted by molar-refractivity contribution is 6.08. The summed E-state index contributed by atoms with van der Waals surface area (Å²) >= 11 is 0. The van der Waals surface area contributed by atoms with Gasteiger partial charge in [-0.15, -0.1) is 0 Å². The van der Waals surface area contributed by atoms with Crippen molar-refractivity contribution in [3.05, 3.63) is 54.1 Å². The summed E-state index contributed by atoms with van der Waals surface area (Å²) in [7, 11) is 0. The van der Waals surface area contributed by atoms with E-state index in [4.69, 9.17) is 0 Å². The number of nitrogens with zero attached hydrogens (tertiary/aromatic N) is 4. The van der Waals surface area contributed by atoms with Crippen LogP contribution in [0.3, 0.4) is 0 Å². The van der Waals surface area contributed by atoms with E-state index in [2.05, 4.69) is 36.9 Å². The van der Waals surface area contributed by atoms with Crippen molar-refractivity contribution in [1.29, 1.82) is 0 Å². The number of Topliss-reactive ketones (excluding diaryl/α,β-unsaturated/α-hetero) is 1. The number of carbonyl (C=O) groups excluding carboxylic acids is 1. The standard InChI is InChI=1S/C19H21N5O/c1-14-2-3-17-15(10-14)16(11-22-17)18(25)13-23-6-8-24(9-7-23)19-12-20-4-5-21-19/h2-5,10-12,22H,6-9,13H2,1H3. The predicted octanol–water partition coefficient (Wildman–Crippen LogP) is 2.27. The Morgan fingerprint density at radius 3 is 2.80 bits per heavy atom. The Morgan fingerprint density at radius 1 is 1.20 bits per heavy atom. The van der Waals surface area contributed by atoms with Gasteiger partial charge in [0.2, 0.25) is 0 Å². The van der Waals surface area contributed by atoms with Crippen LogP contribution in [0.15, 0.2) is 43.0 Å². The number of piperazine rings is 1. The van der Waals surface area contributed by atoms with Gasteiger partial charge in [0.15, 0.2) is 5.78 Å². The van der Waals surface area contributed by atoms with Gasteiger partial charge in [-0.25, -0.2) is 4.98 Å². The van der Waals surface area contributed by atoms with E-state index in [1.807, 2.05) is 19.2 Å². The number of anilines is 1. The summed E-state index contributed by atoms with van der Waals surface area (Å²) < 4.78 is 0. The summed E-state index contributed by atoms with van der Waals surface area (Å²) in [5, 5.41) is 1.02. The molecule has 0 unspecified atom stereocenters. The molecule has 0 bridgehead atoms. The zero-order valence-electron chi connectivity index (χ0n) is 14.3. The largest absolute Gasteiger partial charge is 0.360 e. The number of ketones is 1. The fraction of sp³-hybridized carbons (Fsp3) is 0.316. The Labute approximate surface area is 146 Å². The lowest BCUT2D eigenvalue weighted by Gasteiger charge is -2.34. The second kappa shape index (κ2) is 6.64. The predicted molar refractivity (Wildman–Crippen MR) is 98.1 cm³/mol. The molecular weight excluding hydrogens is 314 g/mol. The maximum Gasteiger partial charge on any atom is 0.178 e. The first-order chi connectivity index (χ1) is 12.2. The summed E-state index contributed by atoms with van der Waals surface area (Å²) in [6.45, 7) is 5.92. The molecule has 0 atom stereocenters. The van der Waals surface area contributed by atoms with Gasteiger partial charge in [0, 0.05) is 61.2 Å². The third kappa shape index (κ3) is 3.25. The summed E-state index contributed by atoms with van der Waals surface area (Å²) in [5.41, 5.74) is 2.97. The van der Waals surface area contributed by atoms with E-state index in [0.29, 0.717) is 6.54 Å². The van der Waals surface area contributed by atoms with Gasteiger partial charge in [0.1, 0.15) is 5.82 Å². The Bertz CT molecular complexity index is 881. The maximum absolute atomic E-state index is 12.8. The molecular formula is C19H21N5O. The van der Waals surface area contributed by atoms with Crippen LogP contribution in [0.2, 0.25) is 0 Å². The van der Waals surface area contributed by atoms with Gasteiger partial charge in [0.05, 0.1) is 12.7 Å². The molecule has 4 rings (SSSR count). The van der Waals surface area contributed by atoms with Crippen LogP contribution in [0, 0.1) is 6.92 Å². The first kappa shape index (κ1) is 15.8. The first-order valence-electron chi connectivity index (χ1n) is 8.55. The number of hydrogen-bond donors (Lipinski definition) is 1. The van der Waals surface area contributed by atoms with Crippen LogP contribution >= 0.6 is 0 Å². The van der Waals surface area contributed by atoms with E-state index in [1.54, 1.807) is 18.6 Å². The highest BCUT2D eigenvalue weighted by Crippen LogP contribution is 2.21. The van der Waals surface area contributed by atoms with Crippen molar-refractivity contribution in [3.8, 4) is 0 Å².